The Morgan fingerprint density at radius 2 is 1.25 bits per heavy atom. The second kappa shape index (κ2) is 14.3. The maximum absolute atomic E-state index is 12.0. The van der Waals surface area contributed by atoms with E-state index in [-0.39, 0.29) is 41.1 Å². The number of hydrogen-bond donors (Lipinski definition) is 0. The number of unbranched alkanes of at least 4 members (excludes halogenated alkanes) is 9. The first-order valence-corrected chi connectivity index (χ1v) is 10.4. The summed E-state index contributed by atoms with van der Waals surface area (Å²) in [6, 6.07) is 6.78. The quantitative estimate of drug-likeness (QED) is 0.273. The number of hydrogen-bond acceptors (Lipinski definition) is 3. The first-order chi connectivity index (χ1) is 11.1. The van der Waals surface area contributed by atoms with E-state index in [9.17, 15) is 8.42 Å². The molecule has 133 valence electrons. The van der Waals surface area contributed by atoms with E-state index in [0.29, 0.717) is 0 Å². The van der Waals surface area contributed by atoms with Crippen LogP contribution in [0.2, 0.25) is 0 Å². The Balaban J connectivity index is 0.00000529. The second-order valence-corrected chi connectivity index (χ2v) is 7.89. The van der Waals surface area contributed by atoms with Gasteiger partial charge in [0, 0.05) is 29.6 Å². The van der Waals surface area contributed by atoms with Gasteiger partial charge in [0.15, 0.2) is 0 Å². The fourth-order valence-corrected chi connectivity index (χ4v) is 3.47. The van der Waals surface area contributed by atoms with Crippen LogP contribution in [-0.4, -0.2) is 44.6 Å². The Morgan fingerprint density at radius 3 is 1.75 bits per heavy atom. The summed E-state index contributed by atoms with van der Waals surface area (Å²) in [6.45, 7) is 4.45. The third kappa shape index (κ3) is 10.9. The van der Waals surface area contributed by atoms with Gasteiger partial charge in [0.2, 0.25) is 0 Å². The normalized spacial score (nSPS) is 11.2. The molecule has 1 aromatic rings. The van der Waals surface area contributed by atoms with Crippen molar-refractivity contribution in [3.05, 3.63) is 29.8 Å². The molecule has 0 amide bonds. The van der Waals surface area contributed by atoms with Crippen molar-refractivity contribution >= 4 is 39.7 Å². The van der Waals surface area contributed by atoms with E-state index in [4.69, 9.17) is 4.18 Å². The van der Waals surface area contributed by atoms with E-state index < -0.39 is 10.1 Å². The van der Waals surface area contributed by atoms with Crippen molar-refractivity contribution in [2.24, 2.45) is 0 Å². The van der Waals surface area contributed by atoms with Crippen molar-refractivity contribution < 1.29 is 12.6 Å². The average Bonchev–Trinajstić information content (AvgIpc) is 2.53. The Bertz CT molecular complexity index is 512. The van der Waals surface area contributed by atoms with E-state index in [1.807, 2.05) is 6.92 Å². The molecular formula is C19H32NaO3S. The molecule has 0 atom stereocenters. The molecule has 0 spiro atoms. The number of rotatable bonds is 13. The molecule has 0 aromatic heterocycles. The van der Waals surface area contributed by atoms with Gasteiger partial charge < -0.3 is 0 Å². The van der Waals surface area contributed by atoms with Crippen LogP contribution in [0.3, 0.4) is 0 Å². The van der Waals surface area contributed by atoms with Crippen molar-refractivity contribution in [1.82, 2.24) is 0 Å². The Labute approximate surface area is 171 Å². The van der Waals surface area contributed by atoms with Crippen LogP contribution in [0.15, 0.2) is 29.2 Å². The van der Waals surface area contributed by atoms with E-state index >= 15 is 0 Å². The molecule has 0 fully saturated rings. The Kier molecular flexibility index (Phi) is 14.4. The molecule has 0 unspecified atom stereocenters. The van der Waals surface area contributed by atoms with Gasteiger partial charge in [0.25, 0.3) is 10.1 Å². The maximum Gasteiger partial charge on any atom is 0.296 e. The van der Waals surface area contributed by atoms with Crippen molar-refractivity contribution in [2.45, 2.75) is 83.0 Å². The molecule has 0 aliphatic heterocycles. The van der Waals surface area contributed by atoms with Crippen LogP contribution in [0.25, 0.3) is 0 Å². The summed E-state index contributed by atoms with van der Waals surface area (Å²) in [5.41, 5.74) is 1.04. The molecular weight excluding hydrogens is 331 g/mol. The summed E-state index contributed by atoms with van der Waals surface area (Å²) in [7, 11) is -3.59. The van der Waals surface area contributed by atoms with Crippen LogP contribution in [-0.2, 0) is 14.3 Å². The van der Waals surface area contributed by atoms with Gasteiger partial charge in [0.05, 0.1) is 11.5 Å². The van der Waals surface area contributed by atoms with Crippen LogP contribution in [0, 0.1) is 6.92 Å². The molecule has 0 bridgehead atoms. The summed E-state index contributed by atoms with van der Waals surface area (Å²) < 4.78 is 29.1. The summed E-state index contributed by atoms with van der Waals surface area (Å²) in [6.07, 6.45) is 12.3. The standard InChI is InChI=1S/C19H32O3S.Na/c1-3-4-5-6-7-8-9-10-11-12-17-22-23(20,21)19-15-13-18(2)14-16-19;/h13-16H,3-12,17H2,1-2H3;. The summed E-state index contributed by atoms with van der Waals surface area (Å²) >= 11 is 0. The molecule has 1 aromatic carbocycles. The molecule has 24 heavy (non-hydrogen) atoms. The Hall–Kier alpha value is 0.130. The van der Waals surface area contributed by atoms with E-state index in [2.05, 4.69) is 6.92 Å². The summed E-state index contributed by atoms with van der Waals surface area (Å²) in [5.74, 6) is 0. The number of aryl methyl sites for hydroxylation is 1. The van der Waals surface area contributed by atoms with Gasteiger partial charge in [0.1, 0.15) is 0 Å². The molecule has 0 heterocycles. The van der Waals surface area contributed by atoms with Crippen molar-refractivity contribution in [1.29, 1.82) is 0 Å². The average molecular weight is 364 g/mol. The van der Waals surface area contributed by atoms with Gasteiger partial charge in [-0.25, -0.2) is 0 Å². The smallest absolute Gasteiger partial charge is 0.266 e. The molecule has 0 saturated carbocycles. The first kappa shape index (κ1) is 24.1. The van der Waals surface area contributed by atoms with Gasteiger partial charge in [-0.1, -0.05) is 82.4 Å². The molecule has 5 heteroatoms. The molecule has 3 nitrogen and oxygen atoms in total. The fraction of sp³-hybridized carbons (Fsp3) is 0.684. The van der Waals surface area contributed by atoms with Crippen molar-refractivity contribution in [2.75, 3.05) is 6.61 Å². The largest absolute Gasteiger partial charge is 0.296 e. The van der Waals surface area contributed by atoms with E-state index in [0.717, 1.165) is 18.4 Å². The second-order valence-electron chi connectivity index (χ2n) is 6.27. The Morgan fingerprint density at radius 1 is 0.792 bits per heavy atom. The van der Waals surface area contributed by atoms with Crippen LogP contribution in [0.1, 0.15) is 76.7 Å². The van der Waals surface area contributed by atoms with E-state index in [1.165, 1.54) is 51.4 Å². The molecule has 0 N–H and O–H groups in total. The van der Waals surface area contributed by atoms with Crippen LogP contribution >= 0.6 is 0 Å². The first-order valence-electron chi connectivity index (χ1n) is 9.02. The minimum atomic E-state index is -3.59. The van der Waals surface area contributed by atoms with Gasteiger partial charge in [-0.2, -0.15) is 8.42 Å². The maximum atomic E-state index is 12.0. The number of benzene rings is 1. The van der Waals surface area contributed by atoms with Crippen molar-refractivity contribution in [3.8, 4) is 0 Å². The zero-order valence-electron chi connectivity index (χ0n) is 15.7. The monoisotopic (exact) mass is 363 g/mol. The zero-order valence-corrected chi connectivity index (χ0v) is 18.5. The van der Waals surface area contributed by atoms with Crippen LogP contribution in [0.4, 0.5) is 0 Å². The minimum Gasteiger partial charge on any atom is -0.266 e. The van der Waals surface area contributed by atoms with Gasteiger partial charge in [-0.15, -0.1) is 0 Å². The van der Waals surface area contributed by atoms with E-state index in [1.54, 1.807) is 24.3 Å². The topological polar surface area (TPSA) is 43.4 Å². The summed E-state index contributed by atoms with van der Waals surface area (Å²) in [5, 5.41) is 0. The summed E-state index contributed by atoms with van der Waals surface area (Å²) in [4.78, 5) is 0.246. The molecule has 0 saturated heterocycles. The molecule has 1 radical (unpaired) electrons. The fourth-order valence-electron chi connectivity index (χ4n) is 2.53. The zero-order chi connectivity index (χ0) is 17.0. The SMILES string of the molecule is CCCCCCCCCCCCOS(=O)(=O)c1ccc(C)cc1.[Na]. The molecule has 0 aliphatic rings. The van der Waals surface area contributed by atoms with Gasteiger partial charge in [-0.3, -0.25) is 4.18 Å². The predicted molar refractivity (Wildman–Crippen MR) is 102 cm³/mol. The van der Waals surface area contributed by atoms with Gasteiger partial charge >= 0.3 is 0 Å². The third-order valence-electron chi connectivity index (χ3n) is 4.05. The predicted octanol–water partition coefficient (Wildman–Crippen LogP) is 5.24. The third-order valence-corrected chi connectivity index (χ3v) is 5.37. The van der Waals surface area contributed by atoms with Crippen LogP contribution < -0.4 is 0 Å². The molecule has 0 aliphatic carbocycles. The van der Waals surface area contributed by atoms with Crippen LogP contribution in [0.5, 0.6) is 0 Å². The minimum absolute atomic E-state index is 0. The molecule has 1 rings (SSSR count). The van der Waals surface area contributed by atoms with Crippen molar-refractivity contribution in [3.63, 3.8) is 0 Å². The van der Waals surface area contributed by atoms with Gasteiger partial charge in [-0.05, 0) is 25.5 Å².